The first-order valence-electron chi connectivity index (χ1n) is 9.83. The number of fused-ring (bicyclic) bond motifs is 4. The van der Waals surface area contributed by atoms with Crippen molar-refractivity contribution in [2.45, 2.75) is 11.4 Å². The zero-order chi connectivity index (χ0) is 20.8. The summed E-state index contributed by atoms with van der Waals surface area (Å²) in [6, 6.07) is 11.3. The average Bonchev–Trinajstić information content (AvgIpc) is 3.07. The SMILES string of the molecule is CN1CCN(Cc2ccc3c(=O)n4c([nH]c3c2)c(N=O)c2cc(SN)ccc24)CC1. The molecule has 1 aliphatic heterocycles. The zero-order valence-electron chi connectivity index (χ0n) is 16.6. The normalized spacial score (nSPS) is 16.1. The number of likely N-dealkylation sites (N-methyl/N-ethyl adjacent to an activating group) is 1. The molecule has 0 amide bonds. The summed E-state index contributed by atoms with van der Waals surface area (Å²) in [6.07, 6.45) is 0. The number of piperazine rings is 1. The van der Waals surface area contributed by atoms with Crippen LogP contribution in [-0.4, -0.2) is 52.4 Å². The first-order chi connectivity index (χ1) is 14.6. The lowest BCUT2D eigenvalue weighted by atomic mass is 10.1. The summed E-state index contributed by atoms with van der Waals surface area (Å²) in [5.74, 6) is 0. The minimum Gasteiger partial charge on any atom is -0.339 e. The number of hydrogen-bond acceptors (Lipinski definition) is 7. The van der Waals surface area contributed by atoms with E-state index in [0.717, 1.165) is 55.1 Å². The molecule has 2 aromatic carbocycles. The number of rotatable bonds is 4. The maximum absolute atomic E-state index is 13.3. The monoisotopic (exact) mass is 422 g/mol. The molecule has 3 heterocycles. The fourth-order valence-electron chi connectivity index (χ4n) is 4.24. The van der Waals surface area contributed by atoms with E-state index in [2.05, 4.69) is 27.0 Å². The van der Waals surface area contributed by atoms with Crippen LogP contribution in [0.4, 0.5) is 5.69 Å². The molecule has 3 N–H and O–H groups in total. The summed E-state index contributed by atoms with van der Waals surface area (Å²) in [5.41, 5.74) is 2.95. The van der Waals surface area contributed by atoms with Gasteiger partial charge >= 0.3 is 0 Å². The topological polar surface area (TPSA) is 99.2 Å². The van der Waals surface area contributed by atoms with Crippen LogP contribution in [0.2, 0.25) is 0 Å². The van der Waals surface area contributed by atoms with Gasteiger partial charge in [-0.15, -0.1) is 4.91 Å². The van der Waals surface area contributed by atoms with Crippen LogP contribution in [0.3, 0.4) is 0 Å². The van der Waals surface area contributed by atoms with Crippen LogP contribution in [-0.2, 0) is 6.54 Å². The van der Waals surface area contributed by atoms with Crippen LogP contribution in [0.1, 0.15) is 5.56 Å². The highest BCUT2D eigenvalue weighted by Gasteiger charge is 2.19. The molecule has 1 saturated heterocycles. The summed E-state index contributed by atoms with van der Waals surface area (Å²) in [4.78, 5) is 33.8. The second kappa shape index (κ2) is 7.51. The van der Waals surface area contributed by atoms with Crippen molar-refractivity contribution in [3.63, 3.8) is 0 Å². The Hall–Kier alpha value is -2.72. The molecule has 0 bridgehead atoms. The Kier molecular flexibility index (Phi) is 4.82. The number of nitrogens with zero attached hydrogens (tertiary/aromatic N) is 4. The minimum absolute atomic E-state index is 0.169. The summed E-state index contributed by atoms with van der Waals surface area (Å²) < 4.78 is 1.53. The van der Waals surface area contributed by atoms with E-state index in [4.69, 9.17) is 5.14 Å². The van der Waals surface area contributed by atoms with E-state index in [1.54, 1.807) is 12.1 Å². The van der Waals surface area contributed by atoms with Crippen molar-refractivity contribution < 1.29 is 0 Å². The highest BCUT2D eigenvalue weighted by molar-refractivity contribution is 7.97. The largest absolute Gasteiger partial charge is 0.339 e. The van der Waals surface area contributed by atoms with Gasteiger partial charge in [0.1, 0.15) is 5.65 Å². The summed E-state index contributed by atoms with van der Waals surface area (Å²) in [5, 5.41) is 10.1. The summed E-state index contributed by atoms with van der Waals surface area (Å²) in [6.45, 7) is 4.98. The second-order valence-corrected chi connectivity index (χ2v) is 8.52. The lowest BCUT2D eigenvalue weighted by molar-refractivity contribution is 0.148. The number of aromatic nitrogens is 2. The maximum atomic E-state index is 13.3. The van der Waals surface area contributed by atoms with Gasteiger partial charge in [-0.1, -0.05) is 6.07 Å². The Morgan fingerprint density at radius 3 is 2.63 bits per heavy atom. The van der Waals surface area contributed by atoms with Crippen molar-refractivity contribution in [1.29, 1.82) is 0 Å². The van der Waals surface area contributed by atoms with Gasteiger partial charge in [0.2, 0.25) is 0 Å². The fraction of sp³-hybridized carbons (Fsp3) is 0.286. The number of hydrogen-bond donors (Lipinski definition) is 2. The number of H-pyrrole nitrogens is 1. The molecule has 4 aromatic rings. The van der Waals surface area contributed by atoms with Gasteiger partial charge in [-0.25, -0.2) is 0 Å². The van der Waals surface area contributed by atoms with Crippen molar-refractivity contribution in [2.75, 3.05) is 33.2 Å². The van der Waals surface area contributed by atoms with Gasteiger partial charge in [-0.2, -0.15) is 0 Å². The van der Waals surface area contributed by atoms with Gasteiger partial charge in [0.05, 0.1) is 16.4 Å². The van der Waals surface area contributed by atoms with Crippen LogP contribution < -0.4 is 10.7 Å². The van der Waals surface area contributed by atoms with Crippen LogP contribution in [0.15, 0.2) is 51.3 Å². The third kappa shape index (κ3) is 3.10. The minimum atomic E-state index is -0.169. The van der Waals surface area contributed by atoms with Gasteiger partial charge in [-0.3, -0.25) is 19.2 Å². The predicted molar refractivity (Wildman–Crippen MR) is 121 cm³/mol. The standard InChI is InChI=1S/C21H22N6O2S/c1-25-6-8-26(9-7-25)12-13-2-4-15-17(10-13)23-20-19(24-29)16-11-14(30-22)3-5-18(16)27(20)21(15)28/h2-5,10-11,23H,6-9,12,22H2,1H3. The third-order valence-electron chi connectivity index (χ3n) is 5.91. The van der Waals surface area contributed by atoms with Crippen molar-refractivity contribution in [1.82, 2.24) is 19.2 Å². The smallest absolute Gasteiger partial charge is 0.266 e. The van der Waals surface area contributed by atoms with Gasteiger partial charge < -0.3 is 9.88 Å². The third-order valence-corrected chi connectivity index (χ3v) is 6.44. The van der Waals surface area contributed by atoms with Gasteiger partial charge in [0.25, 0.3) is 5.56 Å². The van der Waals surface area contributed by atoms with E-state index in [0.29, 0.717) is 27.5 Å². The Balaban J connectivity index is 1.66. The van der Waals surface area contributed by atoms with E-state index in [9.17, 15) is 9.70 Å². The van der Waals surface area contributed by atoms with Crippen molar-refractivity contribution >= 4 is 45.1 Å². The quantitative estimate of drug-likeness (QED) is 0.387. The molecular formula is C21H22N6O2S. The molecular weight excluding hydrogens is 400 g/mol. The molecule has 1 aliphatic rings. The Bertz CT molecular complexity index is 1340. The van der Waals surface area contributed by atoms with E-state index in [-0.39, 0.29) is 11.2 Å². The molecule has 0 spiro atoms. The fourth-order valence-corrected chi connectivity index (χ4v) is 4.57. The first-order valence-corrected chi connectivity index (χ1v) is 10.7. The number of nitrogens with two attached hydrogens (primary N) is 1. The van der Waals surface area contributed by atoms with Crippen LogP contribution in [0, 0.1) is 4.91 Å². The molecule has 0 saturated carbocycles. The number of nitroso groups, excluding NO2 is 1. The van der Waals surface area contributed by atoms with Crippen LogP contribution >= 0.6 is 11.9 Å². The highest BCUT2D eigenvalue weighted by atomic mass is 32.2. The molecule has 30 heavy (non-hydrogen) atoms. The number of benzene rings is 2. The van der Waals surface area contributed by atoms with Gasteiger partial charge in [0, 0.05) is 43.0 Å². The molecule has 1 fully saturated rings. The molecule has 154 valence electrons. The Morgan fingerprint density at radius 2 is 1.90 bits per heavy atom. The molecule has 0 aliphatic carbocycles. The Labute approximate surface area is 176 Å². The van der Waals surface area contributed by atoms with Gasteiger partial charge in [0.15, 0.2) is 5.69 Å². The van der Waals surface area contributed by atoms with Crippen molar-refractivity contribution in [2.24, 2.45) is 10.3 Å². The molecule has 0 radical (unpaired) electrons. The molecule has 5 rings (SSSR count). The first kappa shape index (κ1) is 19.3. The van der Waals surface area contributed by atoms with E-state index in [1.807, 2.05) is 24.3 Å². The highest BCUT2D eigenvalue weighted by Crippen LogP contribution is 2.34. The van der Waals surface area contributed by atoms with Crippen LogP contribution in [0.25, 0.3) is 27.5 Å². The van der Waals surface area contributed by atoms with Crippen LogP contribution in [0.5, 0.6) is 0 Å². The number of aromatic amines is 1. The van der Waals surface area contributed by atoms with Gasteiger partial charge in [-0.05, 0) is 60.1 Å². The maximum Gasteiger partial charge on any atom is 0.266 e. The molecule has 8 nitrogen and oxygen atoms in total. The molecule has 2 aromatic heterocycles. The lowest BCUT2D eigenvalue weighted by Gasteiger charge is -2.32. The second-order valence-electron chi connectivity index (χ2n) is 7.81. The predicted octanol–water partition coefficient (Wildman–Crippen LogP) is 3.05. The van der Waals surface area contributed by atoms with E-state index in [1.165, 1.54) is 4.40 Å². The average molecular weight is 423 g/mol. The number of nitrogens with one attached hydrogen (secondary N) is 1. The lowest BCUT2D eigenvalue weighted by Crippen LogP contribution is -2.43. The van der Waals surface area contributed by atoms with Crippen molar-refractivity contribution in [3.05, 3.63) is 57.2 Å². The summed E-state index contributed by atoms with van der Waals surface area (Å²) in [7, 11) is 2.14. The Morgan fingerprint density at radius 1 is 1.10 bits per heavy atom. The van der Waals surface area contributed by atoms with E-state index < -0.39 is 0 Å². The molecule has 0 atom stereocenters. The molecule has 0 unspecified atom stereocenters. The van der Waals surface area contributed by atoms with E-state index >= 15 is 0 Å². The zero-order valence-corrected chi connectivity index (χ0v) is 17.4. The summed E-state index contributed by atoms with van der Waals surface area (Å²) >= 11 is 1.09. The van der Waals surface area contributed by atoms with Crippen molar-refractivity contribution in [3.8, 4) is 0 Å². The molecule has 9 heteroatoms.